The number of hydrogen-bond donors (Lipinski definition) is 1. The number of fused-ring (bicyclic) bond motifs is 1. The maximum absolute atomic E-state index is 12.2. The molecule has 0 radical (unpaired) electrons. The highest BCUT2D eigenvalue weighted by Gasteiger charge is 2.30. The van der Waals surface area contributed by atoms with E-state index >= 15 is 0 Å². The summed E-state index contributed by atoms with van der Waals surface area (Å²) in [5, 5.41) is 5.48. The summed E-state index contributed by atoms with van der Waals surface area (Å²) < 4.78 is 5.53. The van der Waals surface area contributed by atoms with Crippen LogP contribution in [0.3, 0.4) is 0 Å². The van der Waals surface area contributed by atoms with Crippen LogP contribution in [0.25, 0.3) is 0 Å². The standard InChI is InChI=1S/C15H22N2O2S/c1-2-19-13-7-12(8-13)16-9-15(18)17-5-3-14-11(10-17)4-6-20-14/h4,6,12-13,16H,2-3,5,7-10H2,1H3. The topological polar surface area (TPSA) is 41.6 Å². The lowest BCUT2D eigenvalue weighted by Crippen LogP contribution is -2.49. The lowest BCUT2D eigenvalue weighted by molar-refractivity contribution is -0.131. The zero-order chi connectivity index (χ0) is 13.9. The average Bonchev–Trinajstić information content (AvgIpc) is 2.88. The van der Waals surface area contributed by atoms with E-state index in [1.165, 1.54) is 10.4 Å². The Morgan fingerprint density at radius 2 is 2.40 bits per heavy atom. The van der Waals surface area contributed by atoms with E-state index in [2.05, 4.69) is 16.8 Å². The molecule has 0 unspecified atom stereocenters. The van der Waals surface area contributed by atoms with Gasteiger partial charge in [-0.2, -0.15) is 0 Å². The van der Waals surface area contributed by atoms with Crippen LogP contribution in [-0.4, -0.2) is 42.6 Å². The van der Waals surface area contributed by atoms with Gasteiger partial charge < -0.3 is 15.0 Å². The molecule has 5 heteroatoms. The van der Waals surface area contributed by atoms with E-state index in [1.807, 2.05) is 23.2 Å². The van der Waals surface area contributed by atoms with Gasteiger partial charge in [0.15, 0.2) is 0 Å². The van der Waals surface area contributed by atoms with Crippen molar-refractivity contribution in [1.29, 1.82) is 0 Å². The molecule has 1 amide bonds. The number of nitrogens with zero attached hydrogens (tertiary/aromatic N) is 1. The zero-order valence-electron chi connectivity index (χ0n) is 11.9. The van der Waals surface area contributed by atoms with Gasteiger partial charge >= 0.3 is 0 Å². The fourth-order valence-electron chi connectivity index (χ4n) is 2.91. The Balaban J connectivity index is 1.40. The monoisotopic (exact) mass is 294 g/mol. The second-order valence-electron chi connectivity index (χ2n) is 5.56. The molecule has 0 atom stereocenters. The van der Waals surface area contributed by atoms with Crippen molar-refractivity contribution in [3.8, 4) is 0 Å². The minimum atomic E-state index is 0.224. The summed E-state index contributed by atoms with van der Waals surface area (Å²) in [6.45, 7) is 4.92. The van der Waals surface area contributed by atoms with E-state index in [0.717, 1.165) is 39.0 Å². The molecule has 110 valence electrons. The van der Waals surface area contributed by atoms with Crippen LogP contribution in [0, 0.1) is 0 Å². The van der Waals surface area contributed by atoms with Crippen LogP contribution < -0.4 is 5.32 Å². The van der Waals surface area contributed by atoms with Crippen molar-refractivity contribution in [2.45, 2.75) is 44.9 Å². The number of hydrogen-bond acceptors (Lipinski definition) is 4. The van der Waals surface area contributed by atoms with Crippen LogP contribution in [0.5, 0.6) is 0 Å². The minimum absolute atomic E-state index is 0.224. The van der Waals surface area contributed by atoms with Crippen LogP contribution in [0.1, 0.15) is 30.2 Å². The van der Waals surface area contributed by atoms with Gasteiger partial charge in [-0.3, -0.25) is 4.79 Å². The van der Waals surface area contributed by atoms with Crippen molar-refractivity contribution in [2.75, 3.05) is 19.7 Å². The first kappa shape index (κ1) is 14.0. The molecule has 1 fully saturated rings. The molecule has 1 aliphatic heterocycles. The number of rotatable bonds is 5. The molecule has 0 bridgehead atoms. The van der Waals surface area contributed by atoms with E-state index in [0.29, 0.717) is 18.7 Å². The third kappa shape index (κ3) is 3.05. The third-order valence-electron chi connectivity index (χ3n) is 4.20. The van der Waals surface area contributed by atoms with Crippen LogP contribution in [0.4, 0.5) is 0 Å². The second kappa shape index (κ2) is 6.24. The number of carbonyl (C=O) groups is 1. The van der Waals surface area contributed by atoms with Crippen LogP contribution >= 0.6 is 11.3 Å². The van der Waals surface area contributed by atoms with Crippen molar-refractivity contribution in [3.05, 3.63) is 21.9 Å². The Bertz CT molecular complexity index is 468. The Morgan fingerprint density at radius 1 is 1.55 bits per heavy atom. The van der Waals surface area contributed by atoms with Gasteiger partial charge in [0.05, 0.1) is 12.6 Å². The smallest absolute Gasteiger partial charge is 0.236 e. The number of carbonyl (C=O) groups excluding carboxylic acids is 1. The summed E-state index contributed by atoms with van der Waals surface area (Å²) in [5.74, 6) is 0.224. The Hall–Kier alpha value is -0.910. The van der Waals surface area contributed by atoms with Gasteiger partial charge in [0, 0.05) is 30.6 Å². The molecule has 1 aromatic rings. The molecule has 0 spiro atoms. The van der Waals surface area contributed by atoms with Crippen molar-refractivity contribution in [1.82, 2.24) is 10.2 Å². The Labute approximate surface area is 124 Å². The highest BCUT2D eigenvalue weighted by atomic mass is 32.1. The summed E-state index contributed by atoms with van der Waals surface area (Å²) >= 11 is 1.81. The summed E-state index contributed by atoms with van der Waals surface area (Å²) in [5.41, 5.74) is 1.33. The van der Waals surface area contributed by atoms with Gasteiger partial charge in [-0.1, -0.05) is 0 Å². The van der Waals surface area contributed by atoms with Gasteiger partial charge in [0.25, 0.3) is 0 Å². The van der Waals surface area contributed by atoms with E-state index in [4.69, 9.17) is 4.74 Å². The molecule has 3 rings (SSSR count). The van der Waals surface area contributed by atoms with Crippen LogP contribution in [-0.2, 0) is 22.5 Å². The molecular formula is C15H22N2O2S. The fraction of sp³-hybridized carbons (Fsp3) is 0.667. The van der Waals surface area contributed by atoms with Crippen LogP contribution in [0.15, 0.2) is 11.4 Å². The average molecular weight is 294 g/mol. The predicted molar refractivity (Wildman–Crippen MR) is 79.9 cm³/mol. The lowest BCUT2D eigenvalue weighted by Gasteiger charge is -2.36. The van der Waals surface area contributed by atoms with Gasteiger partial charge in [-0.05, 0) is 43.2 Å². The summed E-state index contributed by atoms with van der Waals surface area (Å²) in [4.78, 5) is 15.6. The fourth-order valence-corrected chi connectivity index (χ4v) is 3.80. The van der Waals surface area contributed by atoms with Crippen molar-refractivity contribution in [3.63, 3.8) is 0 Å². The maximum atomic E-state index is 12.2. The highest BCUT2D eigenvalue weighted by molar-refractivity contribution is 7.10. The molecule has 1 N–H and O–H groups in total. The lowest BCUT2D eigenvalue weighted by atomic mass is 9.89. The Morgan fingerprint density at radius 3 is 3.20 bits per heavy atom. The first-order chi connectivity index (χ1) is 9.76. The molecule has 1 aliphatic carbocycles. The Kier molecular flexibility index (Phi) is 4.38. The number of ether oxygens (including phenoxy) is 1. The SMILES string of the molecule is CCOC1CC(NCC(=O)N2CCc3sccc3C2)C1. The van der Waals surface area contributed by atoms with Crippen molar-refractivity contribution in [2.24, 2.45) is 0 Å². The maximum Gasteiger partial charge on any atom is 0.236 e. The van der Waals surface area contributed by atoms with Crippen molar-refractivity contribution >= 4 is 17.2 Å². The molecule has 1 saturated carbocycles. The van der Waals surface area contributed by atoms with Crippen molar-refractivity contribution < 1.29 is 9.53 Å². The normalized spacial score (nSPS) is 25.1. The first-order valence-corrected chi connectivity index (χ1v) is 8.32. The third-order valence-corrected chi connectivity index (χ3v) is 5.22. The zero-order valence-corrected chi connectivity index (χ0v) is 12.7. The molecule has 20 heavy (non-hydrogen) atoms. The van der Waals surface area contributed by atoms with Crippen LogP contribution in [0.2, 0.25) is 0 Å². The molecule has 2 heterocycles. The minimum Gasteiger partial charge on any atom is -0.378 e. The summed E-state index contributed by atoms with van der Waals surface area (Å²) in [7, 11) is 0. The van der Waals surface area contributed by atoms with E-state index in [-0.39, 0.29) is 5.91 Å². The molecule has 0 saturated heterocycles. The molecule has 2 aliphatic rings. The van der Waals surface area contributed by atoms with Gasteiger partial charge in [-0.15, -0.1) is 11.3 Å². The number of amides is 1. The molecular weight excluding hydrogens is 272 g/mol. The van der Waals surface area contributed by atoms with E-state index < -0.39 is 0 Å². The summed E-state index contributed by atoms with van der Waals surface area (Å²) in [6, 6.07) is 2.60. The predicted octanol–water partition coefficient (Wildman–Crippen LogP) is 1.79. The summed E-state index contributed by atoms with van der Waals surface area (Å²) in [6.07, 6.45) is 3.48. The van der Waals surface area contributed by atoms with E-state index in [1.54, 1.807) is 0 Å². The largest absolute Gasteiger partial charge is 0.378 e. The molecule has 4 nitrogen and oxygen atoms in total. The highest BCUT2D eigenvalue weighted by Crippen LogP contribution is 2.25. The van der Waals surface area contributed by atoms with Gasteiger partial charge in [-0.25, -0.2) is 0 Å². The quantitative estimate of drug-likeness (QED) is 0.900. The number of thiophene rings is 1. The second-order valence-corrected chi connectivity index (χ2v) is 6.56. The van der Waals surface area contributed by atoms with Gasteiger partial charge in [0.2, 0.25) is 5.91 Å². The molecule has 1 aromatic heterocycles. The molecule has 0 aromatic carbocycles. The van der Waals surface area contributed by atoms with E-state index in [9.17, 15) is 4.79 Å². The number of nitrogens with one attached hydrogen (secondary N) is 1. The first-order valence-electron chi connectivity index (χ1n) is 7.44. The van der Waals surface area contributed by atoms with Gasteiger partial charge in [0.1, 0.15) is 0 Å².